The normalized spacial score (nSPS) is 9.31. The maximum atomic E-state index is 11.0. The Hall–Kier alpha value is -2.02. The number of aryl methyl sites for hydroxylation is 1. The molecule has 1 aromatic rings. The Morgan fingerprint density at radius 3 is 2.94 bits per heavy atom. The SMILES string of the molecule is Cc1cccc(OCCC(=O)NC#N)c1C. The summed E-state index contributed by atoms with van der Waals surface area (Å²) in [4.78, 5) is 11.0. The minimum absolute atomic E-state index is 0.181. The topological polar surface area (TPSA) is 62.1 Å². The molecule has 0 aromatic heterocycles. The van der Waals surface area contributed by atoms with Crippen molar-refractivity contribution in [2.24, 2.45) is 0 Å². The predicted molar refractivity (Wildman–Crippen MR) is 59.8 cm³/mol. The number of rotatable bonds is 4. The van der Waals surface area contributed by atoms with Gasteiger partial charge in [0.2, 0.25) is 5.91 Å². The molecule has 0 fully saturated rings. The average Bonchev–Trinajstić information content (AvgIpc) is 2.25. The monoisotopic (exact) mass is 218 g/mol. The van der Waals surface area contributed by atoms with E-state index >= 15 is 0 Å². The van der Waals surface area contributed by atoms with Gasteiger partial charge in [0.25, 0.3) is 0 Å². The van der Waals surface area contributed by atoms with Crippen LogP contribution in [-0.4, -0.2) is 12.5 Å². The van der Waals surface area contributed by atoms with Crippen LogP contribution in [0.3, 0.4) is 0 Å². The fourth-order valence-corrected chi connectivity index (χ4v) is 1.26. The molecule has 1 amide bonds. The molecule has 0 radical (unpaired) electrons. The molecule has 1 N–H and O–H groups in total. The van der Waals surface area contributed by atoms with Crippen molar-refractivity contribution >= 4 is 5.91 Å². The van der Waals surface area contributed by atoms with E-state index in [1.54, 1.807) is 6.19 Å². The zero-order valence-electron chi connectivity index (χ0n) is 9.41. The fourth-order valence-electron chi connectivity index (χ4n) is 1.26. The van der Waals surface area contributed by atoms with Gasteiger partial charge in [0.1, 0.15) is 5.75 Å². The Labute approximate surface area is 94.8 Å². The van der Waals surface area contributed by atoms with Crippen molar-refractivity contribution in [3.05, 3.63) is 29.3 Å². The van der Waals surface area contributed by atoms with Gasteiger partial charge in [-0.25, -0.2) is 0 Å². The van der Waals surface area contributed by atoms with Crippen LogP contribution < -0.4 is 10.1 Å². The van der Waals surface area contributed by atoms with Gasteiger partial charge in [0.05, 0.1) is 13.0 Å². The molecule has 4 nitrogen and oxygen atoms in total. The lowest BCUT2D eigenvalue weighted by molar-refractivity contribution is -0.120. The zero-order chi connectivity index (χ0) is 12.0. The van der Waals surface area contributed by atoms with Crippen molar-refractivity contribution in [3.63, 3.8) is 0 Å². The molecule has 0 unspecified atom stereocenters. The Morgan fingerprint density at radius 1 is 1.50 bits per heavy atom. The summed E-state index contributed by atoms with van der Waals surface area (Å²) in [6, 6.07) is 5.78. The van der Waals surface area contributed by atoms with Gasteiger partial charge < -0.3 is 4.74 Å². The molecular formula is C12H14N2O2. The van der Waals surface area contributed by atoms with E-state index in [-0.39, 0.29) is 18.9 Å². The molecule has 84 valence electrons. The van der Waals surface area contributed by atoms with E-state index in [2.05, 4.69) is 0 Å². The van der Waals surface area contributed by atoms with E-state index in [0.717, 1.165) is 16.9 Å². The van der Waals surface area contributed by atoms with Gasteiger partial charge in [0, 0.05) is 0 Å². The maximum Gasteiger partial charge on any atom is 0.236 e. The van der Waals surface area contributed by atoms with Crippen molar-refractivity contribution in [2.75, 3.05) is 6.61 Å². The predicted octanol–water partition coefficient (Wildman–Crippen LogP) is 1.67. The molecule has 16 heavy (non-hydrogen) atoms. The summed E-state index contributed by atoms with van der Waals surface area (Å²) >= 11 is 0. The highest BCUT2D eigenvalue weighted by Crippen LogP contribution is 2.20. The van der Waals surface area contributed by atoms with Crippen LogP contribution in [0.2, 0.25) is 0 Å². The number of ether oxygens (including phenoxy) is 1. The number of carbonyl (C=O) groups excluding carboxylic acids is 1. The number of amides is 1. The Bertz CT molecular complexity index is 422. The van der Waals surface area contributed by atoms with E-state index in [4.69, 9.17) is 10.00 Å². The summed E-state index contributed by atoms with van der Waals surface area (Å²) in [6.45, 7) is 4.25. The molecule has 0 saturated carbocycles. The molecule has 0 aliphatic heterocycles. The Morgan fingerprint density at radius 2 is 2.25 bits per heavy atom. The molecule has 1 rings (SSSR count). The van der Waals surface area contributed by atoms with Crippen LogP contribution >= 0.6 is 0 Å². The molecule has 0 aliphatic rings. The van der Waals surface area contributed by atoms with Crippen molar-refractivity contribution in [2.45, 2.75) is 20.3 Å². The van der Waals surface area contributed by atoms with Gasteiger partial charge in [-0.15, -0.1) is 0 Å². The minimum Gasteiger partial charge on any atom is -0.493 e. The first-order chi connectivity index (χ1) is 7.65. The van der Waals surface area contributed by atoms with Gasteiger partial charge in [-0.3, -0.25) is 10.1 Å². The number of nitrogens with one attached hydrogen (secondary N) is 1. The molecule has 0 saturated heterocycles. The first-order valence-corrected chi connectivity index (χ1v) is 5.02. The van der Waals surface area contributed by atoms with Crippen LogP contribution in [0.5, 0.6) is 5.75 Å². The largest absolute Gasteiger partial charge is 0.493 e. The molecular weight excluding hydrogens is 204 g/mol. The maximum absolute atomic E-state index is 11.0. The second-order valence-corrected chi connectivity index (χ2v) is 3.46. The minimum atomic E-state index is -0.326. The summed E-state index contributed by atoms with van der Waals surface area (Å²) in [5.74, 6) is 0.456. The lowest BCUT2D eigenvalue weighted by atomic mass is 10.1. The van der Waals surface area contributed by atoms with Crippen LogP contribution in [-0.2, 0) is 4.79 Å². The first-order valence-electron chi connectivity index (χ1n) is 5.02. The fraction of sp³-hybridized carbons (Fsp3) is 0.333. The van der Waals surface area contributed by atoms with Gasteiger partial charge >= 0.3 is 0 Å². The second kappa shape index (κ2) is 5.76. The van der Waals surface area contributed by atoms with Crippen LogP contribution in [0.4, 0.5) is 0 Å². The highest BCUT2D eigenvalue weighted by molar-refractivity contribution is 5.77. The molecule has 1 aromatic carbocycles. The number of nitriles is 1. The quantitative estimate of drug-likeness (QED) is 0.617. The Kier molecular flexibility index (Phi) is 4.34. The summed E-state index contributed by atoms with van der Waals surface area (Å²) in [7, 11) is 0. The number of benzene rings is 1. The summed E-state index contributed by atoms with van der Waals surface area (Å²) in [5.41, 5.74) is 2.22. The van der Waals surface area contributed by atoms with Crippen molar-refractivity contribution in [1.29, 1.82) is 5.26 Å². The van der Waals surface area contributed by atoms with Crippen LogP contribution in [0.15, 0.2) is 18.2 Å². The molecule has 0 bridgehead atoms. The van der Waals surface area contributed by atoms with E-state index in [1.165, 1.54) is 0 Å². The van der Waals surface area contributed by atoms with E-state index < -0.39 is 0 Å². The Balaban J connectivity index is 2.47. The second-order valence-electron chi connectivity index (χ2n) is 3.46. The lowest BCUT2D eigenvalue weighted by Crippen LogP contribution is -2.19. The number of carbonyl (C=O) groups is 1. The van der Waals surface area contributed by atoms with E-state index in [1.807, 2.05) is 37.4 Å². The summed E-state index contributed by atoms with van der Waals surface area (Å²) in [6.07, 6.45) is 1.76. The summed E-state index contributed by atoms with van der Waals surface area (Å²) in [5, 5.41) is 10.3. The number of hydrogen-bond donors (Lipinski definition) is 1. The van der Waals surface area contributed by atoms with E-state index in [9.17, 15) is 4.79 Å². The first kappa shape index (κ1) is 12.1. The van der Waals surface area contributed by atoms with Crippen molar-refractivity contribution in [3.8, 4) is 11.9 Å². The van der Waals surface area contributed by atoms with Gasteiger partial charge in [-0.1, -0.05) is 12.1 Å². The van der Waals surface area contributed by atoms with E-state index in [0.29, 0.717) is 0 Å². The molecule has 4 heteroatoms. The average molecular weight is 218 g/mol. The third kappa shape index (κ3) is 3.28. The molecule has 0 spiro atoms. The lowest BCUT2D eigenvalue weighted by Gasteiger charge is -2.09. The van der Waals surface area contributed by atoms with Gasteiger partial charge in [-0.05, 0) is 31.0 Å². The van der Waals surface area contributed by atoms with Crippen LogP contribution in [0.1, 0.15) is 17.5 Å². The number of hydrogen-bond acceptors (Lipinski definition) is 3. The highest BCUT2D eigenvalue weighted by Gasteiger charge is 2.03. The van der Waals surface area contributed by atoms with Crippen LogP contribution in [0, 0.1) is 25.3 Å². The smallest absolute Gasteiger partial charge is 0.236 e. The molecule has 0 atom stereocenters. The molecule has 0 aliphatic carbocycles. The highest BCUT2D eigenvalue weighted by atomic mass is 16.5. The van der Waals surface area contributed by atoms with Crippen molar-refractivity contribution in [1.82, 2.24) is 5.32 Å². The number of nitrogens with zero attached hydrogens (tertiary/aromatic N) is 1. The summed E-state index contributed by atoms with van der Waals surface area (Å²) < 4.78 is 5.46. The van der Waals surface area contributed by atoms with Crippen molar-refractivity contribution < 1.29 is 9.53 Å². The zero-order valence-corrected chi connectivity index (χ0v) is 9.41. The van der Waals surface area contributed by atoms with Crippen LogP contribution in [0.25, 0.3) is 0 Å². The third-order valence-electron chi connectivity index (χ3n) is 2.34. The standard InChI is InChI=1S/C12H14N2O2/c1-9-4-3-5-11(10(9)2)16-7-6-12(15)14-8-13/h3-5H,6-7H2,1-2H3,(H,14,15). The van der Waals surface area contributed by atoms with Gasteiger partial charge in [-0.2, -0.15) is 5.26 Å². The van der Waals surface area contributed by atoms with Gasteiger partial charge in [0.15, 0.2) is 6.19 Å². The molecule has 0 heterocycles. The third-order valence-corrected chi connectivity index (χ3v) is 2.34.